The number of anilines is 1. The molecule has 4 nitrogen and oxygen atoms in total. The van der Waals surface area contributed by atoms with Crippen molar-refractivity contribution in [3.05, 3.63) is 36.5 Å². The van der Waals surface area contributed by atoms with Gasteiger partial charge in [-0.2, -0.15) is 0 Å². The lowest BCUT2D eigenvalue weighted by atomic mass is 10.2. The van der Waals surface area contributed by atoms with Gasteiger partial charge in [0.2, 0.25) is 0 Å². The van der Waals surface area contributed by atoms with E-state index in [9.17, 15) is 4.79 Å². The van der Waals surface area contributed by atoms with Crippen LogP contribution in [0.15, 0.2) is 36.5 Å². The molecule has 1 aromatic rings. The number of hydrogen-bond donors (Lipinski definition) is 0. The fraction of sp³-hybridized carbons (Fsp3) is 0.250. The maximum atomic E-state index is 11.6. The molecular weight excluding hydrogens is 206 g/mol. The Bertz CT molecular complexity index is 424. The quantitative estimate of drug-likeness (QED) is 0.767. The lowest BCUT2D eigenvalue weighted by molar-refractivity contribution is 0.154. The van der Waals surface area contributed by atoms with Gasteiger partial charge in [-0.1, -0.05) is 6.58 Å². The van der Waals surface area contributed by atoms with Crippen molar-refractivity contribution in [2.24, 2.45) is 0 Å². The molecule has 1 aliphatic heterocycles. The van der Waals surface area contributed by atoms with Gasteiger partial charge in [-0.3, -0.25) is 0 Å². The van der Waals surface area contributed by atoms with Crippen LogP contribution in [0.3, 0.4) is 0 Å². The SMILES string of the molecule is C=C1C(C)OC(=O)N1c1ccc(OC)cc1. The van der Waals surface area contributed by atoms with Crippen molar-refractivity contribution in [2.75, 3.05) is 12.0 Å². The van der Waals surface area contributed by atoms with Crippen LogP contribution in [0.4, 0.5) is 10.5 Å². The molecule has 1 aliphatic rings. The van der Waals surface area contributed by atoms with Crippen LogP contribution in [0.2, 0.25) is 0 Å². The standard InChI is InChI=1S/C12H13NO3/c1-8-9(2)16-12(14)13(8)10-4-6-11(15-3)7-5-10/h4-7,9H,1H2,2-3H3. The zero-order valence-electron chi connectivity index (χ0n) is 9.27. The fourth-order valence-electron chi connectivity index (χ4n) is 1.57. The van der Waals surface area contributed by atoms with Gasteiger partial charge in [0.25, 0.3) is 0 Å². The van der Waals surface area contributed by atoms with Crippen LogP contribution in [-0.2, 0) is 4.74 Å². The number of benzene rings is 1. The average molecular weight is 219 g/mol. The van der Waals surface area contributed by atoms with E-state index in [-0.39, 0.29) is 12.2 Å². The number of ether oxygens (including phenoxy) is 2. The van der Waals surface area contributed by atoms with E-state index in [2.05, 4.69) is 6.58 Å². The summed E-state index contributed by atoms with van der Waals surface area (Å²) < 4.78 is 10.1. The highest BCUT2D eigenvalue weighted by Gasteiger charge is 2.33. The van der Waals surface area contributed by atoms with Crippen LogP contribution in [0.25, 0.3) is 0 Å². The van der Waals surface area contributed by atoms with Crippen LogP contribution in [0.5, 0.6) is 5.75 Å². The Balaban J connectivity index is 2.30. The number of hydrogen-bond acceptors (Lipinski definition) is 3. The third kappa shape index (κ3) is 1.62. The summed E-state index contributed by atoms with van der Waals surface area (Å²) in [6.45, 7) is 5.63. The second-order valence-electron chi connectivity index (χ2n) is 3.55. The van der Waals surface area contributed by atoms with Crippen LogP contribution in [0.1, 0.15) is 6.92 Å². The molecule has 1 atom stereocenters. The first kappa shape index (κ1) is 10.5. The molecule has 1 heterocycles. The van der Waals surface area contributed by atoms with Crippen molar-refractivity contribution in [3.8, 4) is 5.75 Å². The van der Waals surface area contributed by atoms with E-state index >= 15 is 0 Å². The number of carbonyl (C=O) groups excluding carboxylic acids is 1. The van der Waals surface area contributed by atoms with Gasteiger partial charge in [-0.05, 0) is 31.2 Å². The summed E-state index contributed by atoms with van der Waals surface area (Å²) in [4.78, 5) is 13.0. The van der Waals surface area contributed by atoms with Gasteiger partial charge in [0.05, 0.1) is 18.5 Å². The zero-order valence-corrected chi connectivity index (χ0v) is 9.27. The molecule has 0 N–H and O–H groups in total. The molecule has 84 valence electrons. The number of carbonyl (C=O) groups is 1. The molecule has 2 rings (SSSR count). The van der Waals surface area contributed by atoms with Gasteiger partial charge in [0, 0.05) is 0 Å². The van der Waals surface area contributed by atoms with E-state index in [4.69, 9.17) is 9.47 Å². The minimum absolute atomic E-state index is 0.269. The highest BCUT2D eigenvalue weighted by molar-refractivity contribution is 5.94. The van der Waals surface area contributed by atoms with Crippen LogP contribution in [-0.4, -0.2) is 19.3 Å². The number of nitrogens with zero attached hydrogens (tertiary/aromatic N) is 1. The summed E-state index contributed by atoms with van der Waals surface area (Å²) in [6.07, 6.45) is -0.655. The van der Waals surface area contributed by atoms with E-state index in [0.29, 0.717) is 5.70 Å². The summed E-state index contributed by atoms with van der Waals surface area (Å²) in [6, 6.07) is 7.17. The molecule has 16 heavy (non-hydrogen) atoms. The first-order valence-electron chi connectivity index (χ1n) is 4.97. The fourth-order valence-corrected chi connectivity index (χ4v) is 1.57. The minimum Gasteiger partial charge on any atom is -0.497 e. The number of amides is 1. The van der Waals surface area contributed by atoms with Crippen LogP contribution in [0, 0.1) is 0 Å². The summed E-state index contributed by atoms with van der Waals surface area (Å²) >= 11 is 0. The van der Waals surface area contributed by atoms with E-state index in [1.54, 1.807) is 38.3 Å². The van der Waals surface area contributed by atoms with Crippen LogP contribution >= 0.6 is 0 Å². The van der Waals surface area contributed by atoms with E-state index < -0.39 is 0 Å². The average Bonchev–Trinajstić information content (AvgIpc) is 2.54. The molecule has 0 spiro atoms. The molecule has 1 unspecified atom stereocenters. The van der Waals surface area contributed by atoms with Crippen molar-refractivity contribution in [1.29, 1.82) is 0 Å². The molecule has 1 saturated heterocycles. The highest BCUT2D eigenvalue weighted by Crippen LogP contribution is 2.29. The monoisotopic (exact) mass is 219 g/mol. The summed E-state index contributed by atoms with van der Waals surface area (Å²) in [5, 5.41) is 0. The normalized spacial score (nSPS) is 19.9. The third-order valence-corrected chi connectivity index (χ3v) is 2.55. The molecule has 1 aromatic carbocycles. The molecule has 4 heteroatoms. The molecule has 0 saturated carbocycles. The Hall–Kier alpha value is -1.97. The largest absolute Gasteiger partial charge is 0.497 e. The maximum Gasteiger partial charge on any atom is 0.419 e. The Labute approximate surface area is 94.1 Å². The van der Waals surface area contributed by atoms with Crippen molar-refractivity contribution >= 4 is 11.8 Å². The lowest BCUT2D eigenvalue weighted by Crippen LogP contribution is -2.21. The second-order valence-corrected chi connectivity index (χ2v) is 3.55. The van der Waals surface area contributed by atoms with Crippen molar-refractivity contribution in [1.82, 2.24) is 0 Å². The zero-order chi connectivity index (χ0) is 11.7. The Kier molecular flexibility index (Phi) is 2.56. The minimum atomic E-state index is -0.386. The molecule has 0 aliphatic carbocycles. The van der Waals surface area contributed by atoms with Gasteiger partial charge >= 0.3 is 6.09 Å². The summed E-state index contributed by atoms with van der Waals surface area (Å²) in [5.41, 5.74) is 1.38. The van der Waals surface area contributed by atoms with E-state index in [1.165, 1.54) is 4.90 Å². The molecule has 0 bridgehead atoms. The Morgan fingerprint density at radius 3 is 2.44 bits per heavy atom. The van der Waals surface area contributed by atoms with E-state index in [0.717, 1.165) is 11.4 Å². The predicted octanol–water partition coefficient (Wildman–Crippen LogP) is 2.55. The Morgan fingerprint density at radius 1 is 1.38 bits per heavy atom. The Morgan fingerprint density at radius 2 is 2.00 bits per heavy atom. The number of rotatable bonds is 2. The van der Waals surface area contributed by atoms with Gasteiger partial charge < -0.3 is 9.47 Å². The lowest BCUT2D eigenvalue weighted by Gasteiger charge is -2.14. The predicted molar refractivity (Wildman–Crippen MR) is 60.6 cm³/mol. The second kappa shape index (κ2) is 3.89. The first-order valence-corrected chi connectivity index (χ1v) is 4.97. The van der Waals surface area contributed by atoms with Crippen molar-refractivity contribution in [3.63, 3.8) is 0 Å². The number of methoxy groups -OCH3 is 1. The summed E-state index contributed by atoms with van der Waals surface area (Å²) in [7, 11) is 1.60. The van der Waals surface area contributed by atoms with Crippen molar-refractivity contribution in [2.45, 2.75) is 13.0 Å². The molecule has 0 radical (unpaired) electrons. The molecular formula is C12H13NO3. The maximum absolute atomic E-state index is 11.6. The number of cyclic esters (lactones) is 1. The van der Waals surface area contributed by atoms with Gasteiger partial charge in [-0.15, -0.1) is 0 Å². The smallest absolute Gasteiger partial charge is 0.419 e. The highest BCUT2D eigenvalue weighted by atomic mass is 16.6. The van der Waals surface area contributed by atoms with E-state index in [1.807, 2.05) is 0 Å². The van der Waals surface area contributed by atoms with Gasteiger partial charge in [0.1, 0.15) is 11.9 Å². The topological polar surface area (TPSA) is 38.8 Å². The molecule has 1 amide bonds. The van der Waals surface area contributed by atoms with Gasteiger partial charge in [0.15, 0.2) is 0 Å². The molecule has 1 fully saturated rings. The van der Waals surface area contributed by atoms with Gasteiger partial charge in [-0.25, -0.2) is 9.69 Å². The third-order valence-electron chi connectivity index (χ3n) is 2.55. The van der Waals surface area contributed by atoms with Crippen LogP contribution < -0.4 is 9.64 Å². The summed E-state index contributed by atoms with van der Waals surface area (Å²) in [5.74, 6) is 0.745. The van der Waals surface area contributed by atoms with Crippen molar-refractivity contribution < 1.29 is 14.3 Å². The molecule has 0 aromatic heterocycles. The first-order chi connectivity index (χ1) is 7.63.